The van der Waals surface area contributed by atoms with Crippen LogP contribution < -0.4 is 5.32 Å². The molecule has 1 aliphatic carbocycles. The van der Waals surface area contributed by atoms with Gasteiger partial charge in [-0.25, -0.2) is 0 Å². The Balaban J connectivity index is 1.95. The summed E-state index contributed by atoms with van der Waals surface area (Å²) in [6.07, 6.45) is 0. The van der Waals surface area contributed by atoms with Gasteiger partial charge in [-0.1, -0.05) is 66.2 Å². The third kappa shape index (κ3) is 2.99. The van der Waals surface area contributed by atoms with Crippen molar-refractivity contribution in [1.82, 2.24) is 5.32 Å². The number of carbonyl (C=O) groups is 3. The molecule has 0 heterocycles. The summed E-state index contributed by atoms with van der Waals surface area (Å²) in [5.41, 5.74) is 0.717. The molecule has 0 spiro atoms. The predicted octanol–water partition coefficient (Wildman–Crippen LogP) is 3.79. The van der Waals surface area contributed by atoms with E-state index in [1.165, 1.54) is 19.1 Å². The molecule has 0 radical (unpaired) electrons. The molecule has 0 saturated carbocycles. The van der Waals surface area contributed by atoms with Gasteiger partial charge in [-0.15, -0.1) is 11.6 Å². The van der Waals surface area contributed by atoms with Gasteiger partial charge in [0.15, 0.2) is 0 Å². The standard InChI is InChI=1S/C19H13Cl2NO3/c1-19(21,11-7-3-2-4-8-11)18(25)22-15-14(20)16(23)12-9-5-6-10-13(12)17(15)24/h2-10H,1H3,(H,22,25). The number of benzene rings is 2. The first-order valence-electron chi connectivity index (χ1n) is 7.48. The zero-order chi connectivity index (χ0) is 18.2. The molecule has 0 fully saturated rings. The molecule has 3 rings (SSSR count). The summed E-state index contributed by atoms with van der Waals surface area (Å²) < 4.78 is 0. The molecule has 4 nitrogen and oxygen atoms in total. The molecule has 2 aromatic rings. The summed E-state index contributed by atoms with van der Waals surface area (Å²) in [5, 5.41) is 2.11. The van der Waals surface area contributed by atoms with Gasteiger partial charge in [-0.2, -0.15) is 0 Å². The number of carbonyl (C=O) groups excluding carboxylic acids is 3. The van der Waals surface area contributed by atoms with Gasteiger partial charge >= 0.3 is 0 Å². The lowest BCUT2D eigenvalue weighted by Gasteiger charge is -2.24. The fourth-order valence-corrected chi connectivity index (χ4v) is 2.98. The maximum Gasteiger partial charge on any atom is 0.249 e. The number of hydrogen-bond acceptors (Lipinski definition) is 3. The van der Waals surface area contributed by atoms with Crippen molar-refractivity contribution in [3.8, 4) is 0 Å². The van der Waals surface area contributed by atoms with Crippen molar-refractivity contribution in [2.75, 3.05) is 0 Å². The first-order valence-corrected chi connectivity index (χ1v) is 8.23. The zero-order valence-electron chi connectivity index (χ0n) is 13.2. The van der Waals surface area contributed by atoms with Crippen molar-refractivity contribution in [1.29, 1.82) is 0 Å². The van der Waals surface area contributed by atoms with Crippen LogP contribution in [0.15, 0.2) is 65.3 Å². The van der Waals surface area contributed by atoms with E-state index in [0.717, 1.165) is 0 Å². The maximum atomic E-state index is 12.6. The van der Waals surface area contributed by atoms with Crippen LogP contribution in [0.1, 0.15) is 33.2 Å². The Morgan fingerprint density at radius 2 is 1.44 bits per heavy atom. The lowest BCUT2D eigenvalue weighted by atomic mass is 9.92. The smallest absolute Gasteiger partial charge is 0.249 e. The highest BCUT2D eigenvalue weighted by Crippen LogP contribution is 2.31. The molecule has 25 heavy (non-hydrogen) atoms. The first-order chi connectivity index (χ1) is 11.8. The van der Waals surface area contributed by atoms with Gasteiger partial charge in [-0.3, -0.25) is 14.4 Å². The molecular formula is C19H13Cl2NO3. The summed E-state index contributed by atoms with van der Waals surface area (Å²) in [6, 6.07) is 15.0. The van der Waals surface area contributed by atoms with E-state index < -0.39 is 22.3 Å². The molecule has 0 aliphatic heterocycles. The molecule has 0 saturated heterocycles. The van der Waals surface area contributed by atoms with Crippen molar-refractivity contribution in [3.05, 3.63) is 82.0 Å². The Hall–Kier alpha value is -2.43. The summed E-state index contributed by atoms with van der Waals surface area (Å²) in [7, 11) is 0. The third-order valence-electron chi connectivity index (χ3n) is 4.04. The van der Waals surface area contributed by atoms with Gasteiger partial charge in [-0.05, 0) is 12.5 Å². The lowest BCUT2D eigenvalue weighted by Crippen LogP contribution is -2.41. The van der Waals surface area contributed by atoms with Crippen LogP contribution in [0.2, 0.25) is 0 Å². The molecular weight excluding hydrogens is 361 g/mol. The quantitative estimate of drug-likeness (QED) is 0.832. The summed E-state index contributed by atoms with van der Waals surface area (Å²) >= 11 is 12.4. The van der Waals surface area contributed by atoms with Crippen molar-refractivity contribution in [3.63, 3.8) is 0 Å². The zero-order valence-corrected chi connectivity index (χ0v) is 14.7. The van der Waals surface area contributed by atoms with E-state index in [0.29, 0.717) is 5.56 Å². The van der Waals surface area contributed by atoms with Crippen LogP contribution in [0.25, 0.3) is 0 Å². The Morgan fingerprint density at radius 3 is 2.04 bits per heavy atom. The second kappa shape index (κ2) is 6.47. The molecule has 1 aliphatic rings. The highest BCUT2D eigenvalue weighted by molar-refractivity contribution is 6.50. The lowest BCUT2D eigenvalue weighted by molar-refractivity contribution is -0.122. The van der Waals surface area contributed by atoms with Gasteiger partial charge in [0.1, 0.15) is 15.6 Å². The van der Waals surface area contributed by atoms with Crippen LogP contribution in [0.4, 0.5) is 0 Å². The van der Waals surface area contributed by atoms with Crippen molar-refractivity contribution >= 4 is 40.7 Å². The normalized spacial score (nSPS) is 16.3. The average Bonchev–Trinajstić information content (AvgIpc) is 2.64. The molecule has 0 aromatic heterocycles. The SMILES string of the molecule is CC(Cl)(C(=O)NC1=C(Cl)C(=O)c2ccccc2C1=O)c1ccccc1. The highest BCUT2D eigenvalue weighted by Gasteiger charge is 2.37. The van der Waals surface area contributed by atoms with Crippen LogP contribution in [-0.4, -0.2) is 17.5 Å². The van der Waals surface area contributed by atoms with Crippen LogP contribution >= 0.6 is 23.2 Å². The van der Waals surface area contributed by atoms with E-state index in [2.05, 4.69) is 5.32 Å². The van der Waals surface area contributed by atoms with E-state index in [9.17, 15) is 14.4 Å². The van der Waals surface area contributed by atoms with Crippen LogP contribution in [-0.2, 0) is 9.67 Å². The predicted molar refractivity (Wildman–Crippen MR) is 95.8 cm³/mol. The number of fused-ring (bicyclic) bond motifs is 1. The highest BCUT2D eigenvalue weighted by atomic mass is 35.5. The largest absolute Gasteiger partial charge is 0.320 e. The fraction of sp³-hybridized carbons (Fsp3) is 0.105. The van der Waals surface area contributed by atoms with Gasteiger partial charge in [0.2, 0.25) is 17.5 Å². The van der Waals surface area contributed by atoms with Crippen LogP contribution in [0.5, 0.6) is 0 Å². The third-order valence-corrected chi connectivity index (χ3v) is 4.79. The van der Waals surface area contributed by atoms with Crippen molar-refractivity contribution < 1.29 is 14.4 Å². The Morgan fingerprint density at radius 1 is 0.920 bits per heavy atom. The minimum atomic E-state index is -1.42. The monoisotopic (exact) mass is 373 g/mol. The number of Topliss-reactive ketones (excluding diaryl/α,β-unsaturated/α-hetero) is 2. The number of rotatable bonds is 3. The minimum Gasteiger partial charge on any atom is -0.320 e. The van der Waals surface area contributed by atoms with Crippen molar-refractivity contribution in [2.45, 2.75) is 11.8 Å². The van der Waals surface area contributed by atoms with Gasteiger partial charge in [0.05, 0.1) is 0 Å². The fourth-order valence-electron chi connectivity index (χ4n) is 2.57. The molecule has 1 unspecified atom stereocenters. The molecule has 1 amide bonds. The summed E-state index contributed by atoms with van der Waals surface area (Å²) in [6.45, 7) is 1.51. The molecule has 0 bridgehead atoms. The number of hydrogen-bond donors (Lipinski definition) is 1. The number of nitrogens with one attached hydrogen (secondary N) is 1. The van der Waals surface area contributed by atoms with Crippen LogP contribution in [0, 0.1) is 0 Å². The summed E-state index contributed by atoms with van der Waals surface area (Å²) in [4.78, 5) is 36.2. The Kier molecular flexibility index (Phi) is 4.50. The van der Waals surface area contributed by atoms with Gasteiger partial charge < -0.3 is 5.32 Å². The van der Waals surface area contributed by atoms with E-state index >= 15 is 0 Å². The average molecular weight is 374 g/mol. The van der Waals surface area contributed by atoms with Crippen LogP contribution in [0.3, 0.4) is 0 Å². The number of allylic oxidation sites excluding steroid dienone is 2. The Bertz CT molecular complexity index is 917. The summed E-state index contributed by atoms with van der Waals surface area (Å²) in [5.74, 6) is -1.67. The van der Waals surface area contributed by atoms with E-state index in [4.69, 9.17) is 23.2 Å². The number of alkyl halides is 1. The van der Waals surface area contributed by atoms with E-state index in [1.807, 2.05) is 0 Å². The van der Waals surface area contributed by atoms with E-state index in [1.54, 1.807) is 42.5 Å². The molecule has 1 N–H and O–H groups in total. The topological polar surface area (TPSA) is 63.2 Å². The molecule has 6 heteroatoms. The van der Waals surface area contributed by atoms with Gasteiger partial charge in [0, 0.05) is 11.1 Å². The first kappa shape index (κ1) is 17.4. The molecule has 2 aromatic carbocycles. The minimum absolute atomic E-state index is 0.197. The number of amides is 1. The number of ketones is 2. The van der Waals surface area contributed by atoms with E-state index in [-0.39, 0.29) is 21.9 Å². The maximum absolute atomic E-state index is 12.6. The second-order valence-corrected chi connectivity index (χ2v) is 6.85. The molecule has 126 valence electrons. The second-order valence-electron chi connectivity index (χ2n) is 5.72. The Labute approximate surface area is 154 Å². The van der Waals surface area contributed by atoms with Crippen molar-refractivity contribution in [2.24, 2.45) is 0 Å². The van der Waals surface area contributed by atoms with Gasteiger partial charge in [0.25, 0.3) is 0 Å². The number of halogens is 2. The molecule has 1 atom stereocenters.